The van der Waals surface area contributed by atoms with Crippen molar-refractivity contribution in [2.75, 3.05) is 13.7 Å². The van der Waals surface area contributed by atoms with Gasteiger partial charge in [-0.15, -0.1) is 0 Å². The second-order valence-corrected chi connectivity index (χ2v) is 4.11. The zero-order chi connectivity index (χ0) is 11.4. The van der Waals surface area contributed by atoms with E-state index in [1.54, 1.807) is 0 Å². The van der Waals surface area contributed by atoms with Gasteiger partial charge < -0.3 is 10.1 Å². The van der Waals surface area contributed by atoms with Gasteiger partial charge in [-0.25, -0.2) is 0 Å². The number of rotatable bonds is 2. The molecule has 2 unspecified atom stereocenters. The highest BCUT2D eigenvalue weighted by atomic mass is 16.5. The monoisotopic (exact) mass is 219 g/mol. The first-order chi connectivity index (χ1) is 7.83. The van der Waals surface area contributed by atoms with Gasteiger partial charge in [0.25, 0.3) is 0 Å². The molecule has 1 aromatic rings. The molecule has 86 valence electrons. The minimum absolute atomic E-state index is 0.159. The number of esters is 1. The number of piperidine rings is 1. The lowest BCUT2D eigenvalue weighted by atomic mass is 9.85. The van der Waals surface area contributed by atoms with Crippen molar-refractivity contribution in [1.29, 1.82) is 0 Å². The topological polar surface area (TPSA) is 38.3 Å². The Kier molecular flexibility index (Phi) is 3.57. The highest BCUT2D eigenvalue weighted by Crippen LogP contribution is 2.28. The summed E-state index contributed by atoms with van der Waals surface area (Å²) in [5.74, 6) is 0.0796. The molecule has 1 fully saturated rings. The molecule has 2 atom stereocenters. The van der Waals surface area contributed by atoms with Crippen molar-refractivity contribution >= 4 is 5.97 Å². The third-order valence-electron chi connectivity index (χ3n) is 3.14. The molecule has 0 amide bonds. The van der Waals surface area contributed by atoms with Crippen LogP contribution < -0.4 is 5.32 Å². The first-order valence-corrected chi connectivity index (χ1v) is 5.69. The summed E-state index contributed by atoms with van der Waals surface area (Å²) in [4.78, 5) is 11.7. The van der Waals surface area contributed by atoms with Gasteiger partial charge in [0.15, 0.2) is 0 Å². The molecule has 1 saturated heterocycles. The molecule has 3 heteroatoms. The molecule has 1 heterocycles. The Bertz CT molecular complexity index is 350. The summed E-state index contributed by atoms with van der Waals surface area (Å²) in [7, 11) is 1.45. The van der Waals surface area contributed by atoms with Crippen molar-refractivity contribution in [1.82, 2.24) is 5.32 Å². The number of ether oxygens (including phenoxy) is 1. The van der Waals surface area contributed by atoms with E-state index in [1.165, 1.54) is 12.7 Å². The number of nitrogens with one attached hydrogen (secondary N) is 1. The third-order valence-corrected chi connectivity index (χ3v) is 3.14. The Morgan fingerprint density at radius 2 is 2.12 bits per heavy atom. The van der Waals surface area contributed by atoms with Crippen LogP contribution in [0.15, 0.2) is 30.3 Å². The van der Waals surface area contributed by atoms with E-state index >= 15 is 0 Å². The second kappa shape index (κ2) is 5.12. The van der Waals surface area contributed by atoms with Crippen LogP contribution in [0, 0.1) is 0 Å². The molecular formula is C13H17NO2. The maximum atomic E-state index is 11.7. The number of methoxy groups -OCH3 is 1. The fourth-order valence-corrected chi connectivity index (χ4v) is 2.32. The molecule has 1 N–H and O–H groups in total. The van der Waals surface area contributed by atoms with Crippen LogP contribution in [0.5, 0.6) is 0 Å². The third kappa shape index (κ3) is 2.25. The van der Waals surface area contributed by atoms with Crippen molar-refractivity contribution in [3.8, 4) is 0 Å². The highest BCUT2D eigenvalue weighted by molar-refractivity contribution is 5.77. The molecule has 3 nitrogen and oxygen atoms in total. The summed E-state index contributed by atoms with van der Waals surface area (Å²) in [6.45, 7) is 0.892. The first-order valence-electron chi connectivity index (χ1n) is 5.69. The smallest absolute Gasteiger partial charge is 0.323 e. The standard InChI is InChI=1S/C13H17NO2/c1-16-13(15)12-11(8-5-9-14-12)10-6-3-2-4-7-10/h2-4,6-7,11-12,14H,5,8-9H2,1H3. The summed E-state index contributed by atoms with van der Waals surface area (Å²) in [6.07, 6.45) is 2.14. The van der Waals surface area contributed by atoms with Crippen LogP contribution in [0.4, 0.5) is 0 Å². The first kappa shape index (κ1) is 11.1. The van der Waals surface area contributed by atoms with Crippen LogP contribution in [-0.2, 0) is 9.53 Å². The molecule has 1 aliphatic heterocycles. The number of hydrogen-bond donors (Lipinski definition) is 1. The Hall–Kier alpha value is -1.35. The Labute approximate surface area is 95.8 Å². The molecule has 0 bridgehead atoms. The predicted octanol–water partition coefficient (Wildman–Crippen LogP) is 1.70. The van der Waals surface area contributed by atoms with E-state index in [0.717, 1.165) is 19.4 Å². The lowest BCUT2D eigenvalue weighted by Crippen LogP contribution is -2.46. The van der Waals surface area contributed by atoms with E-state index in [-0.39, 0.29) is 17.9 Å². The average Bonchev–Trinajstić information content (AvgIpc) is 2.39. The zero-order valence-electron chi connectivity index (χ0n) is 9.48. The number of benzene rings is 1. The van der Waals surface area contributed by atoms with Crippen molar-refractivity contribution in [2.45, 2.75) is 24.8 Å². The van der Waals surface area contributed by atoms with Gasteiger partial charge in [-0.2, -0.15) is 0 Å². The zero-order valence-corrected chi connectivity index (χ0v) is 9.48. The van der Waals surface area contributed by atoms with Gasteiger partial charge in [-0.3, -0.25) is 4.79 Å². The van der Waals surface area contributed by atoms with Gasteiger partial charge in [-0.1, -0.05) is 30.3 Å². The molecule has 2 rings (SSSR count). The molecule has 0 radical (unpaired) electrons. The molecule has 1 aliphatic rings. The van der Waals surface area contributed by atoms with E-state index in [1.807, 2.05) is 18.2 Å². The molecule has 16 heavy (non-hydrogen) atoms. The molecule has 0 saturated carbocycles. The van der Waals surface area contributed by atoms with Crippen LogP contribution in [0.3, 0.4) is 0 Å². The van der Waals surface area contributed by atoms with Crippen molar-refractivity contribution in [2.24, 2.45) is 0 Å². The minimum Gasteiger partial charge on any atom is -0.468 e. The number of carbonyl (C=O) groups excluding carboxylic acids is 1. The minimum atomic E-state index is -0.193. The molecule has 1 aromatic carbocycles. The molecular weight excluding hydrogens is 202 g/mol. The largest absolute Gasteiger partial charge is 0.468 e. The van der Waals surface area contributed by atoms with Crippen LogP contribution in [0.25, 0.3) is 0 Å². The maximum absolute atomic E-state index is 11.7. The van der Waals surface area contributed by atoms with Crippen LogP contribution in [-0.4, -0.2) is 25.7 Å². The second-order valence-electron chi connectivity index (χ2n) is 4.11. The van der Waals surface area contributed by atoms with E-state index in [4.69, 9.17) is 4.74 Å². The van der Waals surface area contributed by atoms with Crippen LogP contribution in [0.2, 0.25) is 0 Å². The van der Waals surface area contributed by atoms with Gasteiger partial charge in [0.2, 0.25) is 0 Å². The van der Waals surface area contributed by atoms with E-state index in [9.17, 15) is 4.79 Å². The fraction of sp³-hybridized carbons (Fsp3) is 0.462. The lowest BCUT2D eigenvalue weighted by Gasteiger charge is -2.30. The SMILES string of the molecule is COC(=O)C1NCCCC1c1ccccc1. The van der Waals surface area contributed by atoms with Gasteiger partial charge in [-0.05, 0) is 24.9 Å². The summed E-state index contributed by atoms with van der Waals surface area (Å²) in [6, 6.07) is 9.98. The van der Waals surface area contributed by atoms with Crippen molar-refractivity contribution in [3.63, 3.8) is 0 Å². The fourth-order valence-electron chi connectivity index (χ4n) is 2.32. The van der Waals surface area contributed by atoms with Gasteiger partial charge >= 0.3 is 5.97 Å². The van der Waals surface area contributed by atoms with Gasteiger partial charge in [0.05, 0.1) is 7.11 Å². The van der Waals surface area contributed by atoms with E-state index in [2.05, 4.69) is 17.4 Å². The summed E-state index contributed by atoms with van der Waals surface area (Å²) < 4.78 is 4.84. The summed E-state index contributed by atoms with van der Waals surface area (Å²) in [5, 5.41) is 3.24. The Morgan fingerprint density at radius 3 is 2.81 bits per heavy atom. The molecule has 0 spiro atoms. The highest BCUT2D eigenvalue weighted by Gasteiger charge is 2.32. The Morgan fingerprint density at radius 1 is 1.38 bits per heavy atom. The number of hydrogen-bond acceptors (Lipinski definition) is 3. The van der Waals surface area contributed by atoms with E-state index in [0.29, 0.717) is 0 Å². The molecule has 0 aromatic heterocycles. The molecule has 0 aliphatic carbocycles. The quantitative estimate of drug-likeness (QED) is 0.769. The number of carbonyl (C=O) groups is 1. The van der Waals surface area contributed by atoms with Crippen LogP contribution >= 0.6 is 0 Å². The normalized spacial score (nSPS) is 25.1. The maximum Gasteiger partial charge on any atom is 0.323 e. The van der Waals surface area contributed by atoms with Crippen LogP contribution in [0.1, 0.15) is 24.3 Å². The van der Waals surface area contributed by atoms with Gasteiger partial charge in [0.1, 0.15) is 6.04 Å². The van der Waals surface area contributed by atoms with Crippen molar-refractivity contribution in [3.05, 3.63) is 35.9 Å². The summed E-state index contributed by atoms with van der Waals surface area (Å²) >= 11 is 0. The predicted molar refractivity (Wildman–Crippen MR) is 62.2 cm³/mol. The Balaban J connectivity index is 2.20. The lowest BCUT2D eigenvalue weighted by molar-refractivity contribution is -0.144. The van der Waals surface area contributed by atoms with Gasteiger partial charge in [0, 0.05) is 5.92 Å². The summed E-state index contributed by atoms with van der Waals surface area (Å²) in [5.41, 5.74) is 1.21. The van der Waals surface area contributed by atoms with Crippen molar-refractivity contribution < 1.29 is 9.53 Å². The average molecular weight is 219 g/mol. The van der Waals surface area contributed by atoms with E-state index < -0.39 is 0 Å².